The summed E-state index contributed by atoms with van der Waals surface area (Å²) >= 11 is 3.11. The van der Waals surface area contributed by atoms with Crippen LogP contribution in [0.25, 0.3) is 16.2 Å². The van der Waals surface area contributed by atoms with E-state index in [1.54, 1.807) is 16.2 Å². The molecular formula is C20H20N4OS2. The molecule has 0 aliphatic rings. The highest BCUT2D eigenvalue weighted by Crippen LogP contribution is 2.29. The minimum absolute atomic E-state index is 0.0132. The second-order valence-electron chi connectivity index (χ2n) is 6.58. The number of thiazole rings is 2. The van der Waals surface area contributed by atoms with Crippen LogP contribution >= 0.6 is 22.7 Å². The Balaban J connectivity index is 1.66. The Hall–Kier alpha value is -2.51. The van der Waals surface area contributed by atoms with Gasteiger partial charge in [0.2, 0.25) is 0 Å². The molecule has 0 spiro atoms. The first-order valence-electron chi connectivity index (χ1n) is 8.66. The minimum Gasteiger partial charge on any atom is -0.335 e. The Morgan fingerprint density at radius 2 is 1.85 bits per heavy atom. The maximum absolute atomic E-state index is 13.2. The minimum atomic E-state index is -0.0132. The smallest absolute Gasteiger partial charge is 0.266 e. The quantitative estimate of drug-likeness (QED) is 0.502. The number of benzene rings is 1. The molecule has 0 fully saturated rings. The molecule has 1 aromatic carbocycles. The molecule has 5 nitrogen and oxygen atoms in total. The highest BCUT2D eigenvalue weighted by atomic mass is 32.1. The van der Waals surface area contributed by atoms with Crippen LogP contribution in [-0.4, -0.2) is 32.2 Å². The lowest BCUT2D eigenvalue weighted by molar-refractivity contribution is 0.0788. The molecule has 1 amide bonds. The van der Waals surface area contributed by atoms with Crippen LogP contribution in [0.15, 0.2) is 36.5 Å². The summed E-state index contributed by atoms with van der Waals surface area (Å²) in [5.74, 6) is -0.0132. The topological polar surface area (TPSA) is 50.5 Å². The van der Waals surface area contributed by atoms with Gasteiger partial charge in [-0.15, -0.1) is 22.7 Å². The fraction of sp³-hybridized carbons (Fsp3) is 0.250. The number of carbonyl (C=O) groups is 1. The van der Waals surface area contributed by atoms with E-state index < -0.39 is 0 Å². The Morgan fingerprint density at radius 3 is 2.59 bits per heavy atom. The first kappa shape index (κ1) is 17.9. The number of nitrogens with zero attached hydrogens (tertiary/aromatic N) is 4. The van der Waals surface area contributed by atoms with Gasteiger partial charge in [-0.3, -0.25) is 9.20 Å². The highest BCUT2D eigenvalue weighted by Gasteiger charge is 2.23. The van der Waals surface area contributed by atoms with Gasteiger partial charge < -0.3 is 4.90 Å². The van der Waals surface area contributed by atoms with E-state index in [1.165, 1.54) is 16.2 Å². The van der Waals surface area contributed by atoms with Crippen molar-refractivity contribution in [2.45, 2.75) is 27.3 Å². The molecule has 138 valence electrons. The average molecular weight is 397 g/mol. The third kappa shape index (κ3) is 3.28. The predicted octanol–water partition coefficient (Wildman–Crippen LogP) is 4.72. The van der Waals surface area contributed by atoms with Gasteiger partial charge >= 0.3 is 0 Å². The molecule has 0 bridgehead atoms. The molecule has 0 aliphatic heterocycles. The molecule has 0 unspecified atom stereocenters. The van der Waals surface area contributed by atoms with E-state index in [-0.39, 0.29) is 5.91 Å². The summed E-state index contributed by atoms with van der Waals surface area (Å²) < 4.78 is 2.09. The van der Waals surface area contributed by atoms with E-state index in [0.29, 0.717) is 11.4 Å². The molecule has 0 N–H and O–H groups in total. The normalized spacial score (nSPS) is 11.3. The van der Waals surface area contributed by atoms with Crippen LogP contribution in [0, 0.1) is 20.8 Å². The summed E-state index contributed by atoms with van der Waals surface area (Å²) in [5.41, 5.74) is 3.74. The third-order valence-electron chi connectivity index (χ3n) is 4.45. The van der Waals surface area contributed by atoms with Crippen LogP contribution in [0.3, 0.4) is 0 Å². The zero-order valence-corrected chi connectivity index (χ0v) is 17.3. The second kappa shape index (κ2) is 6.90. The zero-order valence-electron chi connectivity index (χ0n) is 15.7. The first-order valence-corrected chi connectivity index (χ1v) is 10.3. The number of imidazole rings is 1. The Morgan fingerprint density at radius 1 is 1.11 bits per heavy atom. The molecule has 4 rings (SSSR count). The maximum atomic E-state index is 13.2. The highest BCUT2D eigenvalue weighted by molar-refractivity contribution is 7.17. The number of amides is 1. The van der Waals surface area contributed by atoms with Crippen molar-refractivity contribution in [2.75, 3.05) is 7.05 Å². The van der Waals surface area contributed by atoms with Gasteiger partial charge in [0, 0.05) is 23.7 Å². The zero-order chi connectivity index (χ0) is 19.1. The molecule has 0 saturated heterocycles. The molecule has 0 aliphatic carbocycles. The van der Waals surface area contributed by atoms with E-state index in [1.807, 2.05) is 51.2 Å². The summed E-state index contributed by atoms with van der Waals surface area (Å²) in [6.45, 7) is 6.51. The first-order chi connectivity index (χ1) is 12.9. The van der Waals surface area contributed by atoms with E-state index in [0.717, 1.165) is 32.6 Å². The van der Waals surface area contributed by atoms with Crippen LogP contribution in [0.4, 0.5) is 0 Å². The molecular weight excluding hydrogens is 376 g/mol. The van der Waals surface area contributed by atoms with E-state index >= 15 is 0 Å². The molecule has 0 radical (unpaired) electrons. The largest absolute Gasteiger partial charge is 0.335 e. The van der Waals surface area contributed by atoms with E-state index in [4.69, 9.17) is 0 Å². The van der Waals surface area contributed by atoms with Crippen molar-refractivity contribution in [3.05, 3.63) is 62.7 Å². The van der Waals surface area contributed by atoms with E-state index in [2.05, 4.69) is 27.5 Å². The van der Waals surface area contributed by atoms with Crippen molar-refractivity contribution >= 4 is 33.5 Å². The van der Waals surface area contributed by atoms with Gasteiger partial charge in [0.05, 0.1) is 28.6 Å². The number of hydrogen-bond acceptors (Lipinski definition) is 5. The lowest BCUT2D eigenvalue weighted by Crippen LogP contribution is -2.26. The SMILES string of the molecule is Cc1cn2c(CN(C)C(=O)c3sc(C)nc3-c3ccccc3)c(C)nc2s1. The average Bonchev–Trinajstić information content (AvgIpc) is 3.29. The molecule has 4 aromatic rings. The summed E-state index contributed by atoms with van der Waals surface area (Å²) in [7, 11) is 1.84. The number of aromatic nitrogens is 3. The molecule has 0 saturated carbocycles. The molecule has 3 aromatic heterocycles. The van der Waals surface area contributed by atoms with Crippen LogP contribution in [-0.2, 0) is 6.54 Å². The fourth-order valence-electron chi connectivity index (χ4n) is 3.13. The van der Waals surface area contributed by atoms with Crippen molar-refractivity contribution in [2.24, 2.45) is 0 Å². The molecule has 3 heterocycles. The van der Waals surface area contributed by atoms with Crippen molar-refractivity contribution in [1.82, 2.24) is 19.3 Å². The maximum Gasteiger partial charge on any atom is 0.266 e. The standard InChI is InChI=1S/C20H20N4OS2/c1-12-10-24-16(13(2)21-20(24)26-12)11-23(4)19(25)18-17(22-14(3)27-18)15-8-6-5-7-9-15/h5-10H,11H2,1-4H3. The van der Waals surface area contributed by atoms with Crippen molar-refractivity contribution in [3.8, 4) is 11.3 Å². The number of aryl methyl sites for hydroxylation is 3. The van der Waals surface area contributed by atoms with Gasteiger partial charge in [-0.25, -0.2) is 9.97 Å². The fourth-order valence-corrected chi connectivity index (χ4v) is 4.96. The Labute approximate surface area is 165 Å². The lowest BCUT2D eigenvalue weighted by atomic mass is 10.1. The predicted molar refractivity (Wildman–Crippen MR) is 111 cm³/mol. The van der Waals surface area contributed by atoms with E-state index in [9.17, 15) is 4.79 Å². The Kier molecular flexibility index (Phi) is 4.57. The van der Waals surface area contributed by atoms with Gasteiger partial charge in [-0.2, -0.15) is 0 Å². The lowest BCUT2D eigenvalue weighted by Gasteiger charge is -2.17. The van der Waals surface area contributed by atoms with Crippen LogP contribution in [0.2, 0.25) is 0 Å². The van der Waals surface area contributed by atoms with Gasteiger partial charge in [0.25, 0.3) is 5.91 Å². The van der Waals surface area contributed by atoms with Crippen molar-refractivity contribution < 1.29 is 4.79 Å². The number of fused-ring (bicyclic) bond motifs is 1. The summed E-state index contributed by atoms with van der Waals surface area (Å²) in [4.78, 5) is 27.0. The number of carbonyl (C=O) groups excluding carboxylic acids is 1. The van der Waals surface area contributed by atoms with Gasteiger partial charge in [0.1, 0.15) is 4.88 Å². The van der Waals surface area contributed by atoms with Gasteiger partial charge in [0.15, 0.2) is 4.96 Å². The number of hydrogen-bond donors (Lipinski definition) is 0. The summed E-state index contributed by atoms with van der Waals surface area (Å²) in [5, 5.41) is 0.891. The monoisotopic (exact) mass is 396 g/mol. The van der Waals surface area contributed by atoms with Crippen LogP contribution in [0.1, 0.15) is 30.9 Å². The second-order valence-corrected chi connectivity index (χ2v) is 8.99. The summed E-state index contributed by atoms with van der Waals surface area (Å²) in [6, 6.07) is 9.88. The summed E-state index contributed by atoms with van der Waals surface area (Å²) in [6.07, 6.45) is 2.08. The van der Waals surface area contributed by atoms with Gasteiger partial charge in [-0.05, 0) is 20.8 Å². The molecule has 0 atom stereocenters. The number of rotatable bonds is 4. The third-order valence-corrected chi connectivity index (χ3v) is 6.31. The van der Waals surface area contributed by atoms with Crippen LogP contribution < -0.4 is 0 Å². The molecule has 27 heavy (non-hydrogen) atoms. The van der Waals surface area contributed by atoms with Crippen LogP contribution in [0.5, 0.6) is 0 Å². The van der Waals surface area contributed by atoms with Crippen molar-refractivity contribution in [1.29, 1.82) is 0 Å². The van der Waals surface area contributed by atoms with Gasteiger partial charge in [-0.1, -0.05) is 30.3 Å². The molecule has 7 heteroatoms. The Bertz CT molecular complexity index is 1120. The van der Waals surface area contributed by atoms with Crippen molar-refractivity contribution in [3.63, 3.8) is 0 Å².